The van der Waals surface area contributed by atoms with Gasteiger partial charge in [0, 0.05) is 12.5 Å². The predicted molar refractivity (Wildman–Crippen MR) is 124 cm³/mol. The molecule has 0 unspecified atom stereocenters. The molecule has 0 spiro atoms. The van der Waals surface area contributed by atoms with Gasteiger partial charge in [0.05, 0.1) is 0 Å². The third kappa shape index (κ3) is 4.72. The smallest absolute Gasteiger partial charge is 0.407 e. The molecule has 33 heavy (non-hydrogen) atoms. The first-order chi connectivity index (χ1) is 16.0. The fraction of sp³-hybridized carbons (Fsp3) is 0.423. The Morgan fingerprint density at radius 1 is 1.09 bits per heavy atom. The second-order valence-corrected chi connectivity index (χ2v) is 8.69. The van der Waals surface area contributed by atoms with Crippen LogP contribution in [0.4, 0.5) is 4.79 Å². The number of amides is 2. The number of benzene rings is 2. The molecule has 0 bridgehead atoms. The summed E-state index contributed by atoms with van der Waals surface area (Å²) in [5, 5.41) is 12.1. The number of carboxylic acids is 1. The number of nitrogens with zero attached hydrogens (tertiary/aromatic N) is 1. The zero-order valence-corrected chi connectivity index (χ0v) is 18.8. The van der Waals surface area contributed by atoms with E-state index < -0.39 is 24.1 Å². The van der Waals surface area contributed by atoms with Crippen molar-refractivity contribution in [3.8, 4) is 11.1 Å². The summed E-state index contributed by atoms with van der Waals surface area (Å²) >= 11 is 0. The van der Waals surface area contributed by atoms with Crippen molar-refractivity contribution in [2.75, 3.05) is 13.2 Å². The normalized spacial score (nSPS) is 17.8. The van der Waals surface area contributed by atoms with E-state index in [4.69, 9.17) is 4.74 Å². The van der Waals surface area contributed by atoms with Crippen LogP contribution in [0.25, 0.3) is 11.1 Å². The SMILES string of the molecule is CCCC[C@H](NC(=O)OCC1c2ccccc2-c2ccccc21)C(=O)N1CCC[C@H]1C(=O)O. The maximum absolute atomic E-state index is 13.1. The minimum absolute atomic E-state index is 0.0667. The van der Waals surface area contributed by atoms with Crippen molar-refractivity contribution in [2.45, 2.75) is 57.0 Å². The monoisotopic (exact) mass is 450 g/mol. The molecule has 4 rings (SSSR count). The summed E-state index contributed by atoms with van der Waals surface area (Å²) in [6, 6.07) is 14.6. The summed E-state index contributed by atoms with van der Waals surface area (Å²) in [6.07, 6.45) is 2.48. The minimum Gasteiger partial charge on any atom is -0.480 e. The number of fused-ring (bicyclic) bond motifs is 3. The van der Waals surface area contributed by atoms with Crippen molar-refractivity contribution in [1.82, 2.24) is 10.2 Å². The molecular weight excluding hydrogens is 420 g/mol. The molecule has 2 aromatic rings. The van der Waals surface area contributed by atoms with Gasteiger partial charge in [-0.15, -0.1) is 0 Å². The highest BCUT2D eigenvalue weighted by Crippen LogP contribution is 2.44. The van der Waals surface area contributed by atoms with Crippen LogP contribution in [-0.4, -0.2) is 53.2 Å². The summed E-state index contributed by atoms with van der Waals surface area (Å²) in [6.45, 7) is 2.56. The van der Waals surface area contributed by atoms with E-state index in [9.17, 15) is 19.5 Å². The maximum Gasteiger partial charge on any atom is 0.407 e. The molecule has 7 nitrogen and oxygen atoms in total. The van der Waals surface area contributed by atoms with Gasteiger partial charge in [0.25, 0.3) is 0 Å². The van der Waals surface area contributed by atoms with Gasteiger partial charge < -0.3 is 20.1 Å². The number of carboxylic acid groups (broad SMARTS) is 1. The highest BCUT2D eigenvalue weighted by Gasteiger charge is 2.37. The number of nitrogens with one attached hydrogen (secondary N) is 1. The van der Waals surface area contributed by atoms with Crippen molar-refractivity contribution in [2.24, 2.45) is 0 Å². The third-order valence-corrected chi connectivity index (χ3v) is 6.60. The lowest BCUT2D eigenvalue weighted by Crippen LogP contribution is -2.51. The molecule has 2 aromatic carbocycles. The highest BCUT2D eigenvalue weighted by molar-refractivity contribution is 5.89. The molecule has 1 heterocycles. The summed E-state index contributed by atoms with van der Waals surface area (Å²) in [5.74, 6) is -1.42. The Labute approximate surface area is 193 Å². The van der Waals surface area contributed by atoms with Gasteiger partial charge >= 0.3 is 12.1 Å². The van der Waals surface area contributed by atoms with E-state index in [1.54, 1.807) is 0 Å². The van der Waals surface area contributed by atoms with Crippen LogP contribution in [0, 0.1) is 0 Å². The Kier molecular flexibility index (Phi) is 6.96. The maximum atomic E-state index is 13.1. The van der Waals surface area contributed by atoms with Gasteiger partial charge in [0.15, 0.2) is 0 Å². The van der Waals surface area contributed by atoms with Gasteiger partial charge in [-0.05, 0) is 41.5 Å². The van der Waals surface area contributed by atoms with E-state index in [-0.39, 0.29) is 18.4 Å². The molecule has 1 aliphatic carbocycles. The van der Waals surface area contributed by atoms with Gasteiger partial charge in [0.1, 0.15) is 18.7 Å². The Bertz CT molecular complexity index is 991. The Balaban J connectivity index is 1.43. The number of likely N-dealkylation sites (tertiary alicyclic amines) is 1. The number of aliphatic carboxylic acids is 1. The molecule has 7 heteroatoms. The molecule has 174 valence electrons. The van der Waals surface area contributed by atoms with Crippen LogP contribution in [0.1, 0.15) is 56.1 Å². The van der Waals surface area contributed by atoms with Gasteiger partial charge in [-0.1, -0.05) is 68.3 Å². The predicted octanol–water partition coefficient (Wildman–Crippen LogP) is 4.16. The Hall–Kier alpha value is -3.35. The average molecular weight is 451 g/mol. The zero-order valence-electron chi connectivity index (χ0n) is 18.8. The molecule has 0 aromatic heterocycles. The molecular formula is C26H30N2O5. The van der Waals surface area contributed by atoms with Crippen LogP contribution in [0.2, 0.25) is 0 Å². The lowest BCUT2D eigenvalue weighted by Gasteiger charge is -2.27. The lowest BCUT2D eigenvalue weighted by atomic mass is 9.98. The van der Waals surface area contributed by atoms with E-state index in [1.165, 1.54) is 4.90 Å². The van der Waals surface area contributed by atoms with E-state index in [0.29, 0.717) is 25.8 Å². The van der Waals surface area contributed by atoms with E-state index in [0.717, 1.165) is 35.1 Å². The number of alkyl carbamates (subject to hydrolysis) is 1. The molecule has 1 saturated heterocycles. The summed E-state index contributed by atoms with van der Waals surface area (Å²) in [5.41, 5.74) is 4.52. The van der Waals surface area contributed by atoms with Gasteiger partial charge in [-0.2, -0.15) is 0 Å². The van der Waals surface area contributed by atoms with Crippen molar-refractivity contribution in [3.05, 3.63) is 59.7 Å². The van der Waals surface area contributed by atoms with Crippen LogP contribution in [0.15, 0.2) is 48.5 Å². The first-order valence-electron chi connectivity index (χ1n) is 11.7. The Morgan fingerprint density at radius 3 is 2.33 bits per heavy atom. The fourth-order valence-corrected chi connectivity index (χ4v) is 4.94. The average Bonchev–Trinajstić information content (AvgIpc) is 3.43. The van der Waals surface area contributed by atoms with Crippen LogP contribution in [-0.2, 0) is 14.3 Å². The first kappa shape index (κ1) is 22.8. The van der Waals surface area contributed by atoms with Gasteiger partial charge in [-0.3, -0.25) is 4.79 Å². The highest BCUT2D eigenvalue weighted by atomic mass is 16.5. The summed E-state index contributed by atoms with van der Waals surface area (Å²) in [4.78, 5) is 38.7. The van der Waals surface area contributed by atoms with E-state index in [2.05, 4.69) is 17.4 Å². The fourth-order valence-electron chi connectivity index (χ4n) is 4.94. The molecule has 2 N–H and O–H groups in total. The van der Waals surface area contributed by atoms with Crippen LogP contribution in [0.5, 0.6) is 0 Å². The molecule has 0 radical (unpaired) electrons. The standard InChI is InChI=1S/C26H30N2O5/c1-2-3-13-22(24(29)28-15-8-14-23(28)25(30)31)27-26(32)33-16-21-19-11-6-4-9-17(19)18-10-5-7-12-20(18)21/h4-7,9-12,21-23H,2-3,8,13-16H2,1H3,(H,27,32)(H,30,31)/t22-,23-/m0/s1. The van der Waals surface area contributed by atoms with Crippen LogP contribution >= 0.6 is 0 Å². The second kappa shape index (κ2) is 10.1. The van der Waals surface area contributed by atoms with Crippen molar-refractivity contribution in [1.29, 1.82) is 0 Å². The second-order valence-electron chi connectivity index (χ2n) is 8.69. The third-order valence-electron chi connectivity index (χ3n) is 6.60. The van der Waals surface area contributed by atoms with Crippen LogP contribution in [0.3, 0.4) is 0 Å². The number of ether oxygens (including phenoxy) is 1. The largest absolute Gasteiger partial charge is 0.480 e. The molecule has 2 atom stereocenters. The van der Waals surface area contributed by atoms with Crippen molar-refractivity contribution in [3.63, 3.8) is 0 Å². The van der Waals surface area contributed by atoms with Crippen molar-refractivity contribution >= 4 is 18.0 Å². The first-order valence-corrected chi connectivity index (χ1v) is 11.7. The van der Waals surface area contributed by atoms with E-state index >= 15 is 0 Å². The van der Waals surface area contributed by atoms with Crippen LogP contribution < -0.4 is 5.32 Å². The lowest BCUT2D eigenvalue weighted by molar-refractivity contribution is -0.149. The molecule has 2 aliphatic rings. The molecule has 1 aliphatic heterocycles. The molecule has 2 amide bonds. The van der Waals surface area contributed by atoms with E-state index in [1.807, 2.05) is 43.3 Å². The topological polar surface area (TPSA) is 95.9 Å². The molecule has 1 fully saturated rings. The quantitative estimate of drug-likeness (QED) is 0.630. The number of carbonyl (C=O) groups excluding carboxylic acids is 2. The number of unbranched alkanes of at least 4 members (excludes halogenated alkanes) is 1. The summed E-state index contributed by atoms with van der Waals surface area (Å²) < 4.78 is 5.60. The minimum atomic E-state index is -1.00. The van der Waals surface area contributed by atoms with Gasteiger partial charge in [-0.25, -0.2) is 9.59 Å². The number of hydrogen-bond donors (Lipinski definition) is 2. The number of carbonyl (C=O) groups is 3. The van der Waals surface area contributed by atoms with Gasteiger partial charge in [0.2, 0.25) is 5.91 Å². The Morgan fingerprint density at radius 2 is 1.73 bits per heavy atom. The number of rotatable bonds is 8. The molecule has 0 saturated carbocycles. The zero-order chi connectivity index (χ0) is 23.4. The van der Waals surface area contributed by atoms with Crippen molar-refractivity contribution < 1.29 is 24.2 Å². The number of hydrogen-bond acceptors (Lipinski definition) is 4. The summed E-state index contributed by atoms with van der Waals surface area (Å²) in [7, 11) is 0.